The van der Waals surface area contributed by atoms with E-state index in [0.717, 1.165) is 24.2 Å². The number of benzene rings is 1. The number of aromatic nitrogens is 1. The summed E-state index contributed by atoms with van der Waals surface area (Å²) in [4.78, 5) is 30.0. The van der Waals surface area contributed by atoms with Gasteiger partial charge < -0.3 is 10.3 Å². The Morgan fingerprint density at radius 1 is 1.20 bits per heavy atom. The van der Waals surface area contributed by atoms with Crippen molar-refractivity contribution in [2.45, 2.75) is 39.3 Å². The predicted octanol–water partition coefficient (Wildman–Crippen LogP) is 3.01. The number of nitrogens with one attached hydrogen (secondary N) is 2. The SMILES string of the molecule is CC(=O)c1c(C)[nH]c(C(=O)N[C@H]2CCN(C)[C@H]2c2ccccc2)c1C. The second kappa shape index (κ2) is 6.84. The van der Waals surface area contributed by atoms with Crippen LogP contribution in [-0.4, -0.2) is 41.2 Å². The second-order valence-electron chi connectivity index (χ2n) is 6.89. The number of aryl methyl sites for hydroxylation is 1. The zero-order chi connectivity index (χ0) is 18.1. The van der Waals surface area contributed by atoms with Gasteiger partial charge in [-0.15, -0.1) is 0 Å². The molecule has 2 heterocycles. The van der Waals surface area contributed by atoms with Crippen molar-refractivity contribution >= 4 is 11.7 Å². The van der Waals surface area contributed by atoms with Crippen LogP contribution in [0.2, 0.25) is 0 Å². The molecule has 1 saturated heterocycles. The summed E-state index contributed by atoms with van der Waals surface area (Å²) in [6.07, 6.45) is 0.903. The Balaban J connectivity index is 1.83. The Morgan fingerprint density at radius 2 is 1.88 bits per heavy atom. The molecular weight excluding hydrogens is 314 g/mol. The first kappa shape index (κ1) is 17.4. The van der Waals surface area contributed by atoms with Gasteiger partial charge in [-0.05, 0) is 45.4 Å². The fourth-order valence-corrected chi connectivity index (χ4v) is 3.98. The highest BCUT2D eigenvalue weighted by atomic mass is 16.2. The number of H-pyrrole nitrogens is 1. The lowest BCUT2D eigenvalue weighted by Gasteiger charge is -2.26. The highest BCUT2D eigenvalue weighted by molar-refractivity contribution is 6.02. The molecule has 1 aromatic carbocycles. The second-order valence-corrected chi connectivity index (χ2v) is 6.89. The van der Waals surface area contributed by atoms with E-state index in [2.05, 4.69) is 34.4 Å². The van der Waals surface area contributed by atoms with Gasteiger partial charge in [0.2, 0.25) is 0 Å². The molecule has 1 fully saturated rings. The lowest BCUT2D eigenvalue weighted by molar-refractivity contribution is 0.0922. The molecular formula is C20H25N3O2. The Morgan fingerprint density at radius 3 is 2.48 bits per heavy atom. The van der Waals surface area contributed by atoms with Gasteiger partial charge in [-0.25, -0.2) is 0 Å². The summed E-state index contributed by atoms with van der Waals surface area (Å²) < 4.78 is 0. The lowest BCUT2D eigenvalue weighted by atomic mass is 10.00. The molecule has 2 aromatic rings. The minimum atomic E-state index is -0.144. The quantitative estimate of drug-likeness (QED) is 0.842. The minimum absolute atomic E-state index is 0.0203. The molecule has 1 aliphatic heterocycles. The van der Waals surface area contributed by atoms with E-state index in [-0.39, 0.29) is 23.8 Å². The van der Waals surface area contributed by atoms with E-state index in [1.165, 1.54) is 12.5 Å². The van der Waals surface area contributed by atoms with Gasteiger partial charge in [0.15, 0.2) is 5.78 Å². The van der Waals surface area contributed by atoms with Gasteiger partial charge in [0.05, 0.1) is 12.1 Å². The zero-order valence-electron chi connectivity index (χ0n) is 15.2. The van der Waals surface area contributed by atoms with E-state index >= 15 is 0 Å². The molecule has 0 aliphatic carbocycles. The number of hydrogen-bond acceptors (Lipinski definition) is 3. The maximum absolute atomic E-state index is 12.8. The van der Waals surface area contributed by atoms with Crippen molar-refractivity contribution in [3.05, 3.63) is 58.4 Å². The highest BCUT2D eigenvalue weighted by Gasteiger charge is 2.34. The fraction of sp³-hybridized carbons (Fsp3) is 0.400. The molecule has 3 rings (SSSR count). The highest BCUT2D eigenvalue weighted by Crippen LogP contribution is 2.31. The van der Waals surface area contributed by atoms with Crippen molar-refractivity contribution < 1.29 is 9.59 Å². The first-order chi connectivity index (χ1) is 11.9. The Labute approximate surface area is 148 Å². The third-order valence-corrected chi connectivity index (χ3v) is 5.12. The summed E-state index contributed by atoms with van der Waals surface area (Å²) in [5.74, 6) is -0.164. The minimum Gasteiger partial charge on any atom is -0.354 e. The van der Waals surface area contributed by atoms with Crippen LogP contribution >= 0.6 is 0 Å². The number of carbonyl (C=O) groups excluding carboxylic acids is 2. The number of aromatic amines is 1. The van der Waals surface area contributed by atoms with Gasteiger partial charge in [0.1, 0.15) is 5.69 Å². The topological polar surface area (TPSA) is 65.2 Å². The number of Topliss-reactive ketones (excluding diaryl/α,β-unsaturated/α-hetero) is 1. The van der Waals surface area contributed by atoms with Crippen LogP contribution in [-0.2, 0) is 0 Å². The maximum atomic E-state index is 12.8. The van der Waals surface area contributed by atoms with Crippen molar-refractivity contribution in [1.82, 2.24) is 15.2 Å². The Hall–Kier alpha value is -2.40. The Kier molecular flexibility index (Phi) is 4.77. The van der Waals surface area contributed by atoms with E-state index in [0.29, 0.717) is 11.3 Å². The van der Waals surface area contributed by atoms with Gasteiger partial charge in [-0.1, -0.05) is 30.3 Å². The first-order valence-corrected chi connectivity index (χ1v) is 8.66. The van der Waals surface area contributed by atoms with Crippen LogP contribution in [0.3, 0.4) is 0 Å². The van der Waals surface area contributed by atoms with Gasteiger partial charge in [0, 0.05) is 17.8 Å². The molecule has 2 atom stereocenters. The van der Waals surface area contributed by atoms with Crippen LogP contribution in [0, 0.1) is 13.8 Å². The predicted molar refractivity (Wildman–Crippen MR) is 98.0 cm³/mol. The molecule has 2 N–H and O–H groups in total. The molecule has 1 aliphatic rings. The van der Waals surface area contributed by atoms with Crippen LogP contribution in [0.15, 0.2) is 30.3 Å². The Bertz CT molecular complexity index is 795. The van der Waals surface area contributed by atoms with Crippen LogP contribution in [0.5, 0.6) is 0 Å². The van der Waals surface area contributed by atoms with E-state index in [9.17, 15) is 9.59 Å². The number of ketones is 1. The van der Waals surface area contributed by atoms with E-state index in [4.69, 9.17) is 0 Å². The number of carbonyl (C=O) groups is 2. The van der Waals surface area contributed by atoms with E-state index in [1.54, 1.807) is 0 Å². The molecule has 5 nitrogen and oxygen atoms in total. The smallest absolute Gasteiger partial charge is 0.268 e. The average molecular weight is 339 g/mol. The molecule has 5 heteroatoms. The fourth-order valence-electron chi connectivity index (χ4n) is 3.98. The van der Waals surface area contributed by atoms with Crippen LogP contribution < -0.4 is 5.32 Å². The summed E-state index contributed by atoms with van der Waals surface area (Å²) in [6.45, 7) is 6.12. The van der Waals surface area contributed by atoms with Crippen molar-refractivity contribution in [3.63, 3.8) is 0 Å². The molecule has 25 heavy (non-hydrogen) atoms. The standard InChI is InChI=1S/C20H25N3O2/c1-12-17(14(3)24)13(2)21-18(12)20(25)22-16-10-11-23(4)19(16)15-8-6-5-7-9-15/h5-9,16,19,21H,10-11H2,1-4H3,(H,22,25)/t16-,19-/m0/s1. The summed E-state index contributed by atoms with van der Waals surface area (Å²) >= 11 is 0. The van der Waals surface area contributed by atoms with Gasteiger partial charge in [-0.2, -0.15) is 0 Å². The molecule has 0 saturated carbocycles. The zero-order valence-corrected chi connectivity index (χ0v) is 15.2. The van der Waals surface area contributed by atoms with Gasteiger partial charge >= 0.3 is 0 Å². The van der Waals surface area contributed by atoms with Crippen LogP contribution in [0.1, 0.15) is 57.1 Å². The van der Waals surface area contributed by atoms with Crippen molar-refractivity contribution in [2.75, 3.05) is 13.6 Å². The monoisotopic (exact) mass is 339 g/mol. The van der Waals surface area contributed by atoms with Gasteiger partial charge in [0.25, 0.3) is 5.91 Å². The van der Waals surface area contributed by atoms with Crippen molar-refractivity contribution in [2.24, 2.45) is 0 Å². The van der Waals surface area contributed by atoms with E-state index < -0.39 is 0 Å². The summed E-state index contributed by atoms with van der Waals surface area (Å²) in [7, 11) is 2.09. The third kappa shape index (κ3) is 3.24. The number of amides is 1. The van der Waals surface area contributed by atoms with E-state index in [1.807, 2.05) is 32.0 Å². The number of nitrogens with zero attached hydrogens (tertiary/aromatic N) is 1. The maximum Gasteiger partial charge on any atom is 0.268 e. The molecule has 1 aromatic heterocycles. The molecule has 0 bridgehead atoms. The number of likely N-dealkylation sites (N-methyl/N-ethyl adjacent to an activating group) is 1. The normalized spacial score (nSPS) is 20.6. The van der Waals surface area contributed by atoms with Crippen molar-refractivity contribution in [3.8, 4) is 0 Å². The third-order valence-electron chi connectivity index (χ3n) is 5.12. The summed E-state index contributed by atoms with van der Waals surface area (Å²) in [5.41, 5.74) is 3.79. The van der Waals surface area contributed by atoms with Gasteiger partial charge in [-0.3, -0.25) is 14.5 Å². The molecule has 0 unspecified atom stereocenters. The molecule has 0 spiro atoms. The first-order valence-electron chi connectivity index (χ1n) is 8.66. The van der Waals surface area contributed by atoms with Crippen molar-refractivity contribution in [1.29, 1.82) is 0 Å². The molecule has 0 radical (unpaired) electrons. The summed E-state index contributed by atoms with van der Waals surface area (Å²) in [6, 6.07) is 10.5. The summed E-state index contributed by atoms with van der Waals surface area (Å²) in [5, 5.41) is 3.17. The number of hydrogen-bond donors (Lipinski definition) is 2. The molecule has 132 valence electrons. The van der Waals surface area contributed by atoms with Crippen LogP contribution in [0.4, 0.5) is 0 Å². The molecule has 1 amide bonds. The average Bonchev–Trinajstić information content (AvgIpc) is 3.07. The number of rotatable bonds is 4. The lowest BCUT2D eigenvalue weighted by Crippen LogP contribution is -2.39. The van der Waals surface area contributed by atoms with Crippen LogP contribution in [0.25, 0.3) is 0 Å². The largest absolute Gasteiger partial charge is 0.354 e. The number of likely N-dealkylation sites (tertiary alicyclic amines) is 1.